The van der Waals surface area contributed by atoms with Crippen molar-refractivity contribution in [2.75, 3.05) is 0 Å². The molecule has 0 atom stereocenters. The Hall–Kier alpha value is -2.36. The molecule has 24 heavy (non-hydrogen) atoms. The van der Waals surface area contributed by atoms with Crippen LogP contribution in [0.4, 0.5) is 0 Å². The van der Waals surface area contributed by atoms with Gasteiger partial charge in [0.15, 0.2) is 5.82 Å². The normalized spacial score (nSPS) is 12.6. The van der Waals surface area contributed by atoms with Gasteiger partial charge in [-0.2, -0.15) is 0 Å². The van der Waals surface area contributed by atoms with E-state index in [0.29, 0.717) is 0 Å². The zero-order valence-electron chi connectivity index (χ0n) is 15.3. The first-order valence-corrected chi connectivity index (χ1v) is 8.27. The highest BCUT2D eigenvalue weighted by Gasteiger charge is 2.25. The van der Waals surface area contributed by atoms with Crippen molar-refractivity contribution in [3.05, 3.63) is 48.2 Å². The summed E-state index contributed by atoms with van der Waals surface area (Å²) in [6, 6.07) is 10.1. The molecule has 3 aromatic rings. The van der Waals surface area contributed by atoms with Gasteiger partial charge in [0.25, 0.3) is 0 Å². The second-order valence-corrected chi connectivity index (χ2v) is 8.18. The molecule has 1 aromatic carbocycles. The number of nitrogens with zero attached hydrogens (tertiary/aromatic N) is 4. The van der Waals surface area contributed by atoms with Crippen molar-refractivity contribution < 1.29 is 0 Å². The third kappa shape index (κ3) is 3.14. The Morgan fingerprint density at radius 3 is 1.88 bits per heavy atom. The first kappa shape index (κ1) is 16.5. The Bertz CT molecular complexity index is 849. The van der Waals surface area contributed by atoms with Gasteiger partial charge in [0.05, 0.1) is 5.52 Å². The first-order valence-electron chi connectivity index (χ1n) is 8.27. The van der Waals surface area contributed by atoms with Gasteiger partial charge in [-0.25, -0.2) is 15.0 Å². The molecule has 0 N–H and O–H groups in total. The quantitative estimate of drug-likeness (QED) is 0.653. The third-order valence-corrected chi connectivity index (χ3v) is 3.87. The van der Waals surface area contributed by atoms with Crippen LogP contribution in [0, 0.1) is 0 Å². The van der Waals surface area contributed by atoms with E-state index in [1.165, 1.54) is 0 Å². The summed E-state index contributed by atoms with van der Waals surface area (Å²) in [6.07, 6.45) is 1.81. The van der Waals surface area contributed by atoms with E-state index in [1.54, 1.807) is 0 Å². The van der Waals surface area contributed by atoms with Crippen LogP contribution in [0.2, 0.25) is 0 Å². The Kier molecular flexibility index (Phi) is 3.86. The van der Waals surface area contributed by atoms with E-state index < -0.39 is 0 Å². The van der Waals surface area contributed by atoms with Gasteiger partial charge in [0.2, 0.25) is 0 Å². The fourth-order valence-corrected chi connectivity index (χ4v) is 2.46. The van der Waals surface area contributed by atoms with Crippen LogP contribution in [0.1, 0.15) is 53.2 Å². The average Bonchev–Trinajstić information content (AvgIpc) is 2.52. The lowest BCUT2D eigenvalue weighted by atomic mass is 9.93. The zero-order chi connectivity index (χ0) is 17.5. The lowest BCUT2D eigenvalue weighted by molar-refractivity contribution is 0.497. The summed E-state index contributed by atoms with van der Waals surface area (Å²) in [4.78, 5) is 18.8. The van der Waals surface area contributed by atoms with E-state index in [1.807, 2.05) is 30.5 Å². The highest BCUT2D eigenvalue weighted by molar-refractivity contribution is 5.92. The molecule has 124 valence electrons. The van der Waals surface area contributed by atoms with Crippen LogP contribution in [0.15, 0.2) is 36.5 Å². The molecule has 0 aliphatic heterocycles. The topological polar surface area (TPSA) is 51.6 Å². The van der Waals surface area contributed by atoms with Crippen molar-refractivity contribution in [3.63, 3.8) is 0 Å². The fourth-order valence-electron chi connectivity index (χ4n) is 2.46. The molecule has 4 heteroatoms. The van der Waals surface area contributed by atoms with E-state index in [4.69, 9.17) is 15.0 Å². The maximum absolute atomic E-state index is 4.79. The largest absolute Gasteiger partial charge is 0.256 e. The number of hydrogen-bond acceptors (Lipinski definition) is 4. The molecule has 0 aliphatic carbocycles. The summed E-state index contributed by atoms with van der Waals surface area (Å²) < 4.78 is 0. The third-order valence-electron chi connectivity index (χ3n) is 3.87. The number of para-hydroxylation sites is 1. The van der Waals surface area contributed by atoms with Gasteiger partial charge in [0, 0.05) is 28.0 Å². The first-order chi connectivity index (χ1) is 11.2. The molecule has 2 heterocycles. The van der Waals surface area contributed by atoms with Crippen LogP contribution >= 0.6 is 0 Å². The van der Waals surface area contributed by atoms with Crippen LogP contribution in [0.3, 0.4) is 0 Å². The summed E-state index contributed by atoms with van der Waals surface area (Å²) in [5.41, 5.74) is 1.67. The standard InChI is InChI=1S/C20H24N4/c1-19(2,3)17-22-16(23-18(24-17)20(4,5)6)14-11-12-21-15-10-8-7-9-13(14)15/h7-12H,1-6H3. The molecule has 3 rings (SSSR count). The van der Waals surface area contributed by atoms with E-state index in [9.17, 15) is 0 Å². The van der Waals surface area contributed by atoms with Gasteiger partial charge in [0.1, 0.15) is 11.6 Å². The summed E-state index contributed by atoms with van der Waals surface area (Å²) in [5.74, 6) is 2.36. The second kappa shape index (κ2) is 5.62. The number of benzene rings is 1. The minimum absolute atomic E-state index is 0.138. The summed E-state index contributed by atoms with van der Waals surface area (Å²) in [5, 5.41) is 1.06. The second-order valence-electron chi connectivity index (χ2n) is 8.18. The van der Waals surface area contributed by atoms with Crippen molar-refractivity contribution in [1.82, 2.24) is 19.9 Å². The van der Waals surface area contributed by atoms with Crippen LogP contribution < -0.4 is 0 Å². The monoisotopic (exact) mass is 320 g/mol. The van der Waals surface area contributed by atoms with Crippen molar-refractivity contribution in [1.29, 1.82) is 0 Å². The van der Waals surface area contributed by atoms with E-state index in [-0.39, 0.29) is 10.8 Å². The SMILES string of the molecule is CC(C)(C)c1nc(-c2ccnc3ccccc23)nc(C(C)(C)C)n1. The van der Waals surface area contributed by atoms with Crippen LogP contribution in [-0.4, -0.2) is 19.9 Å². The molecule has 0 radical (unpaired) electrons. The Morgan fingerprint density at radius 2 is 1.29 bits per heavy atom. The molecule has 0 fully saturated rings. The lowest BCUT2D eigenvalue weighted by Crippen LogP contribution is -2.24. The number of pyridine rings is 1. The van der Waals surface area contributed by atoms with Gasteiger partial charge in [-0.1, -0.05) is 59.7 Å². The van der Waals surface area contributed by atoms with Gasteiger partial charge in [-0.15, -0.1) is 0 Å². The van der Waals surface area contributed by atoms with Crippen LogP contribution in [0.25, 0.3) is 22.3 Å². The van der Waals surface area contributed by atoms with Gasteiger partial charge < -0.3 is 0 Å². The molecular formula is C20H24N4. The zero-order valence-corrected chi connectivity index (χ0v) is 15.3. The minimum Gasteiger partial charge on any atom is -0.256 e. The minimum atomic E-state index is -0.138. The predicted molar refractivity (Wildman–Crippen MR) is 98.0 cm³/mol. The summed E-state index contributed by atoms with van der Waals surface area (Å²) >= 11 is 0. The maximum Gasteiger partial charge on any atom is 0.164 e. The molecule has 0 amide bonds. The Balaban J connectivity index is 2.30. The molecule has 0 spiro atoms. The molecule has 0 unspecified atom stereocenters. The molecule has 0 bridgehead atoms. The number of fused-ring (bicyclic) bond motifs is 1. The Labute approximate surface area is 143 Å². The van der Waals surface area contributed by atoms with E-state index in [0.717, 1.165) is 33.9 Å². The van der Waals surface area contributed by atoms with Crippen LogP contribution in [0.5, 0.6) is 0 Å². The highest BCUT2D eigenvalue weighted by Crippen LogP contribution is 2.29. The van der Waals surface area contributed by atoms with Crippen molar-refractivity contribution in [2.24, 2.45) is 0 Å². The summed E-state index contributed by atoms with van der Waals surface area (Å²) in [6.45, 7) is 12.8. The number of aromatic nitrogens is 4. The van der Waals surface area contributed by atoms with Crippen molar-refractivity contribution in [2.45, 2.75) is 52.4 Å². The van der Waals surface area contributed by atoms with Crippen molar-refractivity contribution in [3.8, 4) is 11.4 Å². The lowest BCUT2D eigenvalue weighted by Gasteiger charge is -2.23. The van der Waals surface area contributed by atoms with Gasteiger partial charge >= 0.3 is 0 Å². The molecule has 0 aliphatic rings. The average molecular weight is 320 g/mol. The number of rotatable bonds is 1. The van der Waals surface area contributed by atoms with Gasteiger partial charge in [-0.3, -0.25) is 4.98 Å². The van der Waals surface area contributed by atoms with E-state index >= 15 is 0 Å². The van der Waals surface area contributed by atoms with Crippen molar-refractivity contribution >= 4 is 10.9 Å². The van der Waals surface area contributed by atoms with Crippen LogP contribution in [-0.2, 0) is 10.8 Å². The predicted octanol–water partition coefficient (Wildman–Crippen LogP) is 4.68. The molecule has 0 saturated carbocycles. The van der Waals surface area contributed by atoms with Gasteiger partial charge in [-0.05, 0) is 12.1 Å². The maximum atomic E-state index is 4.79. The van der Waals surface area contributed by atoms with E-state index in [2.05, 4.69) is 52.6 Å². The summed E-state index contributed by atoms with van der Waals surface area (Å²) in [7, 11) is 0. The molecule has 2 aromatic heterocycles. The fraction of sp³-hybridized carbons (Fsp3) is 0.400. The number of hydrogen-bond donors (Lipinski definition) is 0. The smallest absolute Gasteiger partial charge is 0.164 e. The molecular weight excluding hydrogens is 296 g/mol. The molecule has 4 nitrogen and oxygen atoms in total. The molecule has 0 saturated heterocycles. The highest BCUT2D eigenvalue weighted by atomic mass is 15.1. The Morgan fingerprint density at radius 1 is 0.708 bits per heavy atom.